The summed E-state index contributed by atoms with van der Waals surface area (Å²) in [5.74, 6) is -0.380. The molecule has 1 aliphatic carbocycles. The molecule has 1 saturated carbocycles. The third kappa shape index (κ3) is 4.14. The van der Waals surface area contributed by atoms with Gasteiger partial charge < -0.3 is 15.7 Å². The first-order valence-electron chi connectivity index (χ1n) is 7.06. The zero-order valence-corrected chi connectivity index (χ0v) is 12.7. The number of phenolic OH excluding ortho intramolecular Hbond substituents is 1. The van der Waals surface area contributed by atoms with Crippen LogP contribution in [-0.2, 0) is 4.79 Å². The maximum atomic E-state index is 12.0. The largest absolute Gasteiger partial charge is 0.506 e. The molecule has 1 fully saturated rings. The first-order chi connectivity index (χ1) is 10.5. The lowest BCUT2D eigenvalue weighted by Crippen LogP contribution is -2.39. The number of nitro benzene ring substituents is 1. The molecule has 0 radical (unpaired) electrons. The van der Waals surface area contributed by atoms with Gasteiger partial charge in [-0.3, -0.25) is 14.9 Å². The summed E-state index contributed by atoms with van der Waals surface area (Å²) >= 11 is 5.03. The zero-order chi connectivity index (χ0) is 16.1. The summed E-state index contributed by atoms with van der Waals surface area (Å²) in [5.41, 5.74) is -0.0927. The van der Waals surface area contributed by atoms with Crippen molar-refractivity contribution in [2.24, 2.45) is 5.92 Å². The molecule has 2 rings (SSSR count). The minimum atomic E-state index is -0.575. The van der Waals surface area contributed by atoms with E-state index in [-0.39, 0.29) is 34.1 Å². The smallest absolute Gasteiger partial charge is 0.271 e. The van der Waals surface area contributed by atoms with Crippen LogP contribution in [0.3, 0.4) is 0 Å². The van der Waals surface area contributed by atoms with Gasteiger partial charge in [0.05, 0.1) is 10.6 Å². The van der Waals surface area contributed by atoms with Gasteiger partial charge in [-0.15, -0.1) is 0 Å². The third-order valence-electron chi connectivity index (χ3n) is 3.65. The fourth-order valence-electron chi connectivity index (χ4n) is 2.47. The van der Waals surface area contributed by atoms with Gasteiger partial charge in [0.2, 0.25) is 5.91 Å². The van der Waals surface area contributed by atoms with Crippen molar-refractivity contribution in [1.29, 1.82) is 0 Å². The summed E-state index contributed by atoms with van der Waals surface area (Å²) < 4.78 is 0. The van der Waals surface area contributed by atoms with Gasteiger partial charge in [0, 0.05) is 18.1 Å². The molecule has 1 aromatic rings. The Labute approximate surface area is 132 Å². The highest BCUT2D eigenvalue weighted by atomic mass is 32.1. The number of hydrogen-bond acceptors (Lipinski definition) is 5. The number of hydrogen-bond donors (Lipinski definition) is 3. The van der Waals surface area contributed by atoms with E-state index in [4.69, 9.17) is 12.2 Å². The van der Waals surface area contributed by atoms with Crippen LogP contribution in [0.4, 0.5) is 11.4 Å². The van der Waals surface area contributed by atoms with Crippen molar-refractivity contribution in [3.8, 4) is 5.75 Å². The van der Waals surface area contributed by atoms with E-state index >= 15 is 0 Å². The van der Waals surface area contributed by atoms with Crippen LogP contribution in [0.25, 0.3) is 0 Å². The first kappa shape index (κ1) is 16.2. The van der Waals surface area contributed by atoms with Crippen LogP contribution in [0, 0.1) is 16.0 Å². The number of anilines is 1. The van der Waals surface area contributed by atoms with Crippen LogP contribution < -0.4 is 10.6 Å². The Morgan fingerprint density at radius 1 is 1.32 bits per heavy atom. The summed E-state index contributed by atoms with van der Waals surface area (Å²) in [6.07, 6.45) is 4.90. The monoisotopic (exact) mass is 323 g/mol. The second kappa shape index (κ2) is 7.17. The van der Waals surface area contributed by atoms with Gasteiger partial charge in [-0.25, -0.2) is 0 Å². The highest BCUT2D eigenvalue weighted by Crippen LogP contribution is 2.28. The topological polar surface area (TPSA) is 104 Å². The maximum Gasteiger partial charge on any atom is 0.271 e. The van der Waals surface area contributed by atoms with Gasteiger partial charge >= 0.3 is 0 Å². The average molecular weight is 323 g/mol. The van der Waals surface area contributed by atoms with Gasteiger partial charge in [-0.1, -0.05) is 19.3 Å². The van der Waals surface area contributed by atoms with Crippen molar-refractivity contribution in [1.82, 2.24) is 5.32 Å². The summed E-state index contributed by atoms with van der Waals surface area (Å²) in [7, 11) is 0. The van der Waals surface area contributed by atoms with E-state index in [2.05, 4.69) is 10.6 Å². The number of nitro groups is 1. The van der Waals surface area contributed by atoms with Gasteiger partial charge in [-0.05, 0) is 31.1 Å². The molecule has 0 unspecified atom stereocenters. The number of phenols is 1. The fourth-order valence-corrected chi connectivity index (χ4v) is 2.68. The number of nitrogens with one attached hydrogen (secondary N) is 2. The number of carbonyl (C=O) groups excluding carboxylic acids is 1. The number of benzene rings is 1. The van der Waals surface area contributed by atoms with Crippen LogP contribution >= 0.6 is 12.2 Å². The van der Waals surface area contributed by atoms with Gasteiger partial charge in [0.1, 0.15) is 5.75 Å². The Balaban J connectivity index is 1.98. The molecular formula is C14H17N3O4S. The van der Waals surface area contributed by atoms with Crippen molar-refractivity contribution in [2.75, 3.05) is 5.32 Å². The van der Waals surface area contributed by atoms with Gasteiger partial charge in [0.15, 0.2) is 5.11 Å². The van der Waals surface area contributed by atoms with Crippen molar-refractivity contribution in [3.05, 3.63) is 28.3 Å². The molecule has 0 heterocycles. The Morgan fingerprint density at radius 3 is 2.64 bits per heavy atom. The molecular weight excluding hydrogens is 306 g/mol. The first-order valence-corrected chi connectivity index (χ1v) is 7.47. The number of amides is 1. The normalized spacial score (nSPS) is 15.1. The minimum absolute atomic E-state index is 0.0198. The number of nitrogens with zero attached hydrogens (tertiary/aromatic N) is 1. The van der Waals surface area contributed by atoms with Crippen LogP contribution in [0.2, 0.25) is 0 Å². The lowest BCUT2D eigenvalue weighted by atomic mass is 9.89. The summed E-state index contributed by atoms with van der Waals surface area (Å²) in [4.78, 5) is 22.2. The maximum absolute atomic E-state index is 12.0. The second-order valence-corrected chi connectivity index (χ2v) is 5.65. The molecule has 1 amide bonds. The molecule has 0 aliphatic heterocycles. The minimum Gasteiger partial charge on any atom is -0.506 e. The number of carbonyl (C=O) groups is 1. The van der Waals surface area contributed by atoms with Crippen LogP contribution in [0.15, 0.2) is 18.2 Å². The molecule has 8 heteroatoms. The van der Waals surface area contributed by atoms with Gasteiger partial charge in [0.25, 0.3) is 5.69 Å². The van der Waals surface area contributed by atoms with E-state index in [9.17, 15) is 20.0 Å². The lowest BCUT2D eigenvalue weighted by Gasteiger charge is -2.21. The predicted octanol–water partition coefficient (Wildman–Crippen LogP) is 2.69. The second-order valence-electron chi connectivity index (χ2n) is 5.24. The molecule has 3 N–H and O–H groups in total. The van der Waals surface area contributed by atoms with Gasteiger partial charge in [-0.2, -0.15) is 0 Å². The lowest BCUT2D eigenvalue weighted by molar-refractivity contribution is -0.384. The standard InChI is InChI=1S/C14H17N3O4S/c18-12-7-6-10(17(20)21)8-11(12)15-14(22)16-13(19)9-4-2-1-3-5-9/h6-9,18H,1-5H2,(H2,15,16,19,22). The molecule has 0 bridgehead atoms. The van der Waals surface area contributed by atoms with Crippen molar-refractivity contribution >= 4 is 34.6 Å². The van der Waals surface area contributed by atoms with Crippen molar-refractivity contribution in [3.63, 3.8) is 0 Å². The van der Waals surface area contributed by atoms with Crippen LogP contribution in [0.1, 0.15) is 32.1 Å². The molecule has 0 aromatic heterocycles. The van der Waals surface area contributed by atoms with E-state index in [1.165, 1.54) is 12.1 Å². The van der Waals surface area contributed by atoms with Crippen LogP contribution in [-0.4, -0.2) is 21.0 Å². The summed E-state index contributed by atoms with van der Waals surface area (Å²) in [6, 6.07) is 3.55. The van der Waals surface area contributed by atoms with E-state index in [1.807, 2.05) is 0 Å². The highest BCUT2D eigenvalue weighted by molar-refractivity contribution is 7.80. The molecule has 7 nitrogen and oxygen atoms in total. The molecule has 1 aromatic carbocycles. The van der Waals surface area contributed by atoms with E-state index in [0.717, 1.165) is 38.2 Å². The average Bonchev–Trinajstić information content (AvgIpc) is 2.50. The Bertz CT molecular complexity index is 600. The predicted molar refractivity (Wildman–Crippen MR) is 85.7 cm³/mol. The number of rotatable bonds is 3. The van der Waals surface area contributed by atoms with Crippen LogP contribution in [0.5, 0.6) is 5.75 Å². The zero-order valence-electron chi connectivity index (χ0n) is 11.9. The summed E-state index contributed by atoms with van der Waals surface area (Å²) in [5, 5.41) is 25.6. The number of non-ortho nitro benzene ring substituents is 1. The molecule has 0 atom stereocenters. The molecule has 0 saturated heterocycles. The van der Waals surface area contributed by atoms with E-state index in [1.54, 1.807) is 0 Å². The van der Waals surface area contributed by atoms with E-state index in [0.29, 0.717) is 0 Å². The fraction of sp³-hybridized carbons (Fsp3) is 0.429. The van der Waals surface area contributed by atoms with E-state index < -0.39 is 4.92 Å². The van der Waals surface area contributed by atoms with Crippen molar-refractivity contribution < 1.29 is 14.8 Å². The Kier molecular flexibility index (Phi) is 5.26. The Morgan fingerprint density at radius 2 is 2.00 bits per heavy atom. The Hall–Kier alpha value is -2.22. The number of aromatic hydroxyl groups is 1. The third-order valence-corrected chi connectivity index (χ3v) is 3.86. The highest BCUT2D eigenvalue weighted by Gasteiger charge is 2.22. The number of thiocarbonyl (C=S) groups is 1. The molecule has 22 heavy (non-hydrogen) atoms. The summed E-state index contributed by atoms with van der Waals surface area (Å²) in [6.45, 7) is 0. The molecule has 0 spiro atoms. The SMILES string of the molecule is O=C(NC(=S)Nc1cc([N+](=O)[O-])ccc1O)C1CCCCC1. The quantitative estimate of drug-likeness (QED) is 0.342. The van der Waals surface area contributed by atoms with Crippen molar-refractivity contribution in [2.45, 2.75) is 32.1 Å². The molecule has 118 valence electrons. The molecule has 1 aliphatic rings.